The molecule has 0 saturated heterocycles. The van der Waals surface area contributed by atoms with Crippen LogP contribution >= 0.6 is 0 Å². The third kappa shape index (κ3) is 1.83. The maximum absolute atomic E-state index is 5.34. The first kappa shape index (κ1) is 10.5. The molecule has 0 aliphatic heterocycles. The van der Waals surface area contributed by atoms with E-state index in [2.05, 4.69) is 15.9 Å². The quantitative estimate of drug-likeness (QED) is 0.599. The van der Waals surface area contributed by atoms with Crippen LogP contribution in [0.15, 0.2) is 54.7 Å². The van der Waals surface area contributed by atoms with Gasteiger partial charge in [0.25, 0.3) is 0 Å². The third-order valence-corrected chi connectivity index (χ3v) is 2.80. The van der Waals surface area contributed by atoms with Gasteiger partial charge in [-0.25, -0.2) is 4.98 Å². The van der Waals surface area contributed by atoms with Gasteiger partial charge in [0, 0.05) is 11.1 Å². The molecule has 0 atom stereocenters. The number of rotatable bonds is 1. The molecule has 0 N–H and O–H groups in total. The van der Waals surface area contributed by atoms with Gasteiger partial charge >= 0.3 is 0 Å². The van der Waals surface area contributed by atoms with Crippen LogP contribution in [0.4, 0.5) is 0 Å². The lowest BCUT2D eigenvalue weighted by atomic mass is 10.1. The Labute approximate surface area is 105 Å². The van der Waals surface area contributed by atoms with E-state index in [9.17, 15) is 0 Å². The molecule has 0 aliphatic rings. The summed E-state index contributed by atoms with van der Waals surface area (Å²) >= 11 is 0. The van der Waals surface area contributed by atoms with Gasteiger partial charge in [-0.3, -0.25) is 4.98 Å². The highest BCUT2D eigenvalue weighted by Crippen LogP contribution is 2.19. The molecule has 0 fully saturated rings. The molecule has 0 bridgehead atoms. The average Bonchev–Trinajstić information content (AvgIpc) is 2.47. The highest BCUT2D eigenvalue weighted by molar-refractivity contribution is 5.76. The molecule has 84 valence electrons. The Morgan fingerprint density at radius 3 is 2.33 bits per heavy atom. The Balaban J connectivity index is 2.10. The Morgan fingerprint density at radius 2 is 1.61 bits per heavy atom. The molecule has 0 unspecified atom stereocenters. The summed E-state index contributed by atoms with van der Waals surface area (Å²) in [6, 6.07) is 15.6. The number of hydrogen-bond donors (Lipinski definition) is 0. The topological polar surface area (TPSA) is 25.8 Å². The molecule has 2 aromatic carbocycles. The summed E-state index contributed by atoms with van der Waals surface area (Å²) in [5, 5.41) is 0. The summed E-state index contributed by atoms with van der Waals surface area (Å²) in [5.74, 6) is 2.60. The molecule has 0 radical (unpaired) electrons. The van der Waals surface area contributed by atoms with Crippen molar-refractivity contribution in [1.29, 1.82) is 0 Å². The first-order valence-corrected chi connectivity index (χ1v) is 5.66. The van der Waals surface area contributed by atoms with E-state index >= 15 is 0 Å². The van der Waals surface area contributed by atoms with Crippen molar-refractivity contribution >= 4 is 11.0 Å². The van der Waals surface area contributed by atoms with Crippen molar-refractivity contribution in [2.45, 2.75) is 0 Å². The van der Waals surface area contributed by atoms with Gasteiger partial charge in [-0.05, 0) is 24.3 Å². The summed E-state index contributed by atoms with van der Waals surface area (Å²) in [4.78, 5) is 8.98. The number of benzene rings is 2. The Hall–Kier alpha value is -2.66. The lowest BCUT2D eigenvalue weighted by Gasteiger charge is -2.02. The molecule has 3 aromatic rings. The van der Waals surface area contributed by atoms with Gasteiger partial charge in [-0.15, -0.1) is 6.42 Å². The number of para-hydroxylation sites is 2. The lowest BCUT2D eigenvalue weighted by molar-refractivity contribution is 1.29. The van der Waals surface area contributed by atoms with Crippen LogP contribution in [0.2, 0.25) is 0 Å². The van der Waals surface area contributed by atoms with E-state index in [0.29, 0.717) is 0 Å². The Morgan fingerprint density at radius 1 is 0.889 bits per heavy atom. The second kappa shape index (κ2) is 4.31. The maximum Gasteiger partial charge on any atom is 0.0894 e. The van der Waals surface area contributed by atoms with Crippen LogP contribution < -0.4 is 0 Å². The van der Waals surface area contributed by atoms with Gasteiger partial charge in [0.2, 0.25) is 0 Å². The first-order chi connectivity index (χ1) is 8.86. The van der Waals surface area contributed by atoms with Gasteiger partial charge < -0.3 is 0 Å². The predicted molar refractivity (Wildman–Crippen MR) is 72.9 cm³/mol. The van der Waals surface area contributed by atoms with Crippen molar-refractivity contribution in [3.05, 3.63) is 60.3 Å². The van der Waals surface area contributed by atoms with Gasteiger partial charge in [0.15, 0.2) is 0 Å². The molecular formula is C16H10N2. The van der Waals surface area contributed by atoms with Crippen molar-refractivity contribution < 1.29 is 0 Å². The van der Waals surface area contributed by atoms with Crippen LogP contribution in [-0.4, -0.2) is 9.97 Å². The highest BCUT2D eigenvalue weighted by atomic mass is 14.8. The van der Waals surface area contributed by atoms with E-state index in [-0.39, 0.29) is 0 Å². The summed E-state index contributed by atoms with van der Waals surface area (Å²) in [6.07, 6.45) is 7.12. The molecule has 1 aromatic heterocycles. The van der Waals surface area contributed by atoms with Gasteiger partial charge in [0.1, 0.15) is 0 Å². The maximum atomic E-state index is 5.34. The number of hydrogen-bond acceptors (Lipinski definition) is 2. The minimum absolute atomic E-state index is 0.859. The summed E-state index contributed by atoms with van der Waals surface area (Å²) in [7, 11) is 0. The zero-order valence-corrected chi connectivity index (χ0v) is 9.67. The number of nitrogens with zero attached hydrogens (tertiary/aromatic N) is 2. The molecule has 3 rings (SSSR count). The molecule has 1 heterocycles. The molecule has 0 amide bonds. The van der Waals surface area contributed by atoms with Crippen molar-refractivity contribution in [1.82, 2.24) is 9.97 Å². The van der Waals surface area contributed by atoms with Crippen LogP contribution in [0.5, 0.6) is 0 Å². The number of fused-ring (bicyclic) bond motifs is 1. The van der Waals surface area contributed by atoms with Crippen LogP contribution in [0, 0.1) is 12.3 Å². The standard InChI is InChI=1S/C16H10N2/c1-2-12-7-9-13(10-8-12)16-11-17-14-5-3-4-6-15(14)18-16/h1,3-11H. The normalized spacial score (nSPS) is 10.2. The van der Waals surface area contributed by atoms with Crippen LogP contribution in [0.1, 0.15) is 5.56 Å². The van der Waals surface area contributed by atoms with Gasteiger partial charge in [0.05, 0.1) is 22.9 Å². The second-order valence-corrected chi connectivity index (χ2v) is 3.97. The molecular weight excluding hydrogens is 220 g/mol. The Kier molecular flexibility index (Phi) is 2.51. The Bertz CT molecular complexity index is 737. The van der Waals surface area contributed by atoms with Crippen LogP contribution in [-0.2, 0) is 0 Å². The molecule has 0 spiro atoms. The molecule has 0 saturated carbocycles. The number of aromatic nitrogens is 2. The molecule has 2 heteroatoms. The predicted octanol–water partition coefficient (Wildman–Crippen LogP) is 3.28. The third-order valence-electron chi connectivity index (χ3n) is 2.80. The lowest BCUT2D eigenvalue weighted by Crippen LogP contribution is -1.88. The van der Waals surface area contributed by atoms with E-state index in [4.69, 9.17) is 6.42 Å². The molecule has 2 nitrogen and oxygen atoms in total. The van der Waals surface area contributed by atoms with Crippen molar-refractivity contribution in [3.63, 3.8) is 0 Å². The zero-order chi connectivity index (χ0) is 12.4. The minimum Gasteiger partial charge on any atom is -0.252 e. The van der Waals surface area contributed by atoms with Crippen LogP contribution in [0.25, 0.3) is 22.3 Å². The summed E-state index contributed by atoms with van der Waals surface area (Å²) in [6.45, 7) is 0. The minimum atomic E-state index is 0.859. The summed E-state index contributed by atoms with van der Waals surface area (Å²) < 4.78 is 0. The fourth-order valence-electron chi connectivity index (χ4n) is 1.83. The van der Waals surface area contributed by atoms with E-state index in [0.717, 1.165) is 27.9 Å². The average molecular weight is 230 g/mol. The van der Waals surface area contributed by atoms with Gasteiger partial charge in [-0.2, -0.15) is 0 Å². The molecule has 18 heavy (non-hydrogen) atoms. The highest BCUT2D eigenvalue weighted by Gasteiger charge is 2.01. The van der Waals surface area contributed by atoms with Crippen molar-refractivity contribution in [2.24, 2.45) is 0 Å². The smallest absolute Gasteiger partial charge is 0.0894 e. The number of terminal acetylenes is 1. The van der Waals surface area contributed by atoms with Crippen LogP contribution in [0.3, 0.4) is 0 Å². The fraction of sp³-hybridized carbons (Fsp3) is 0. The fourth-order valence-corrected chi connectivity index (χ4v) is 1.83. The summed E-state index contributed by atoms with van der Waals surface area (Å²) in [5.41, 5.74) is 4.55. The van der Waals surface area contributed by atoms with E-state index in [1.165, 1.54) is 0 Å². The SMILES string of the molecule is C#Cc1ccc(-c2cnc3ccccc3n2)cc1. The largest absolute Gasteiger partial charge is 0.252 e. The zero-order valence-electron chi connectivity index (χ0n) is 9.67. The second-order valence-electron chi connectivity index (χ2n) is 3.97. The monoisotopic (exact) mass is 230 g/mol. The first-order valence-electron chi connectivity index (χ1n) is 5.66. The van der Waals surface area contributed by atoms with E-state index in [1.807, 2.05) is 48.5 Å². The van der Waals surface area contributed by atoms with Crippen molar-refractivity contribution in [2.75, 3.05) is 0 Å². The van der Waals surface area contributed by atoms with Gasteiger partial charge in [-0.1, -0.05) is 30.2 Å². The van der Waals surface area contributed by atoms with E-state index in [1.54, 1.807) is 6.20 Å². The van der Waals surface area contributed by atoms with Crippen molar-refractivity contribution in [3.8, 4) is 23.6 Å². The molecule has 0 aliphatic carbocycles. The van der Waals surface area contributed by atoms with E-state index < -0.39 is 0 Å².